The highest BCUT2D eigenvalue weighted by molar-refractivity contribution is 4.98. The molecule has 1 aliphatic heterocycles. The zero-order chi connectivity index (χ0) is 9.62. The predicted molar refractivity (Wildman–Crippen MR) is 25.4 cm³/mol. The predicted octanol–water partition coefficient (Wildman–Crippen LogP) is 2.13. The van der Waals surface area contributed by atoms with Gasteiger partial charge in [0.15, 0.2) is 0 Å². The SMILES string of the molecule is FC(F)(F)C1(C(F)(F)F)COC1. The van der Waals surface area contributed by atoms with Gasteiger partial charge >= 0.3 is 12.4 Å². The van der Waals surface area contributed by atoms with Gasteiger partial charge in [0, 0.05) is 0 Å². The molecule has 0 aliphatic carbocycles. The van der Waals surface area contributed by atoms with Crippen molar-refractivity contribution < 1.29 is 31.1 Å². The molecule has 7 heteroatoms. The molecule has 72 valence electrons. The molecule has 1 heterocycles. The molecule has 1 saturated heterocycles. The minimum atomic E-state index is -5.27. The summed E-state index contributed by atoms with van der Waals surface area (Å²) in [4.78, 5) is 0. The van der Waals surface area contributed by atoms with Crippen LogP contribution in [0.4, 0.5) is 26.3 Å². The van der Waals surface area contributed by atoms with Gasteiger partial charge in [-0.2, -0.15) is 26.3 Å². The molecule has 0 bridgehead atoms. The Morgan fingerprint density at radius 3 is 1.17 bits per heavy atom. The van der Waals surface area contributed by atoms with Gasteiger partial charge in [-0.15, -0.1) is 0 Å². The number of rotatable bonds is 0. The van der Waals surface area contributed by atoms with E-state index in [4.69, 9.17) is 0 Å². The van der Waals surface area contributed by atoms with Crippen molar-refractivity contribution in [3.05, 3.63) is 0 Å². The van der Waals surface area contributed by atoms with Crippen molar-refractivity contribution in [2.24, 2.45) is 5.41 Å². The van der Waals surface area contributed by atoms with Crippen LogP contribution >= 0.6 is 0 Å². The normalized spacial score (nSPS) is 23.5. The third kappa shape index (κ3) is 1.07. The maximum Gasteiger partial charge on any atom is 0.407 e. The van der Waals surface area contributed by atoms with Crippen LogP contribution in [-0.2, 0) is 4.74 Å². The number of hydrogen-bond acceptors (Lipinski definition) is 1. The van der Waals surface area contributed by atoms with E-state index in [1.54, 1.807) is 0 Å². The molecule has 0 unspecified atom stereocenters. The summed E-state index contributed by atoms with van der Waals surface area (Å²) in [5.74, 6) is 0. The Morgan fingerprint density at radius 1 is 0.833 bits per heavy atom. The summed E-state index contributed by atoms with van der Waals surface area (Å²) < 4.78 is 75.1. The lowest BCUT2D eigenvalue weighted by atomic mass is 9.84. The van der Waals surface area contributed by atoms with Crippen molar-refractivity contribution in [1.29, 1.82) is 0 Å². The average Bonchev–Trinajstić information content (AvgIpc) is 1.47. The Hall–Kier alpha value is -0.460. The Morgan fingerprint density at radius 2 is 1.17 bits per heavy atom. The first-order chi connectivity index (χ1) is 5.21. The Labute approximate surface area is 63.3 Å². The number of hydrogen-bond donors (Lipinski definition) is 0. The van der Waals surface area contributed by atoms with Crippen LogP contribution < -0.4 is 0 Å². The summed E-state index contributed by atoms with van der Waals surface area (Å²) >= 11 is 0. The highest BCUT2D eigenvalue weighted by Gasteiger charge is 2.74. The van der Waals surface area contributed by atoms with Crippen molar-refractivity contribution in [1.82, 2.24) is 0 Å². The van der Waals surface area contributed by atoms with Gasteiger partial charge in [-0.25, -0.2) is 0 Å². The molecule has 0 aromatic heterocycles. The van der Waals surface area contributed by atoms with E-state index < -0.39 is 31.0 Å². The first-order valence-corrected chi connectivity index (χ1v) is 2.92. The molecule has 1 aliphatic rings. The van der Waals surface area contributed by atoms with E-state index in [9.17, 15) is 26.3 Å². The molecule has 12 heavy (non-hydrogen) atoms. The largest absolute Gasteiger partial charge is 0.407 e. The Bertz CT molecular complexity index is 159. The summed E-state index contributed by atoms with van der Waals surface area (Å²) in [6.45, 7) is -2.64. The fraction of sp³-hybridized carbons (Fsp3) is 1.00. The molecule has 0 aromatic carbocycles. The molecule has 1 rings (SSSR count). The molecular weight excluding hydrogens is 190 g/mol. The molecule has 0 spiro atoms. The second kappa shape index (κ2) is 2.27. The van der Waals surface area contributed by atoms with Crippen LogP contribution in [0.1, 0.15) is 0 Å². The smallest absolute Gasteiger partial charge is 0.379 e. The van der Waals surface area contributed by atoms with Crippen LogP contribution in [0.25, 0.3) is 0 Å². The van der Waals surface area contributed by atoms with E-state index in [0.29, 0.717) is 0 Å². The highest BCUT2D eigenvalue weighted by Crippen LogP contribution is 2.54. The fourth-order valence-corrected chi connectivity index (χ4v) is 0.794. The zero-order valence-electron chi connectivity index (χ0n) is 5.59. The van der Waals surface area contributed by atoms with Crippen molar-refractivity contribution in [3.8, 4) is 0 Å². The lowest BCUT2D eigenvalue weighted by Crippen LogP contribution is -2.62. The maximum atomic E-state index is 11.9. The first-order valence-electron chi connectivity index (χ1n) is 2.92. The van der Waals surface area contributed by atoms with Gasteiger partial charge in [0.2, 0.25) is 5.41 Å². The Balaban J connectivity index is 2.92. The van der Waals surface area contributed by atoms with Crippen LogP contribution in [0.3, 0.4) is 0 Å². The minimum Gasteiger partial charge on any atom is -0.379 e. The second-order valence-electron chi connectivity index (χ2n) is 2.57. The molecular formula is C5H4F6O. The molecule has 0 N–H and O–H groups in total. The molecule has 0 saturated carbocycles. The van der Waals surface area contributed by atoms with Crippen molar-refractivity contribution >= 4 is 0 Å². The average molecular weight is 194 g/mol. The van der Waals surface area contributed by atoms with E-state index in [0.717, 1.165) is 0 Å². The third-order valence-corrected chi connectivity index (χ3v) is 1.78. The third-order valence-electron chi connectivity index (χ3n) is 1.78. The zero-order valence-corrected chi connectivity index (χ0v) is 5.59. The monoisotopic (exact) mass is 194 g/mol. The van der Waals surface area contributed by atoms with Crippen LogP contribution in [0.15, 0.2) is 0 Å². The van der Waals surface area contributed by atoms with Crippen molar-refractivity contribution in [2.45, 2.75) is 12.4 Å². The Kier molecular flexibility index (Phi) is 1.82. The summed E-state index contributed by atoms with van der Waals surface area (Å²) in [7, 11) is 0. The van der Waals surface area contributed by atoms with E-state index in [1.165, 1.54) is 0 Å². The summed E-state index contributed by atoms with van der Waals surface area (Å²) in [6, 6.07) is 0. The van der Waals surface area contributed by atoms with Crippen LogP contribution in [0.5, 0.6) is 0 Å². The maximum absolute atomic E-state index is 11.9. The van der Waals surface area contributed by atoms with E-state index >= 15 is 0 Å². The minimum absolute atomic E-state index is 1.32. The topological polar surface area (TPSA) is 9.23 Å². The van der Waals surface area contributed by atoms with Gasteiger partial charge in [-0.05, 0) is 0 Å². The van der Waals surface area contributed by atoms with E-state index in [2.05, 4.69) is 4.74 Å². The van der Waals surface area contributed by atoms with E-state index in [-0.39, 0.29) is 0 Å². The second-order valence-corrected chi connectivity index (χ2v) is 2.57. The standard InChI is InChI=1S/C5H4F6O/c6-4(7,8)3(1-12-2-3)5(9,10)11/h1-2H2. The lowest BCUT2D eigenvalue weighted by Gasteiger charge is -2.43. The van der Waals surface area contributed by atoms with Gasteiger partial charge in [0.05, 0.1) is 13.2 Å². The molecule has 0 aromatic rings. The summed E-state index contributed by atoms with van der Waals surface area (Å²) in [5.41, 5.74) is -3.62. The molecule has 0 amide bonds. The van der Waals surface area contributed by atoms with Gasteiger partial charge < -0.3 is 4.74 Å². The highest BCUT2D eigenvalue weighted by atomic mass is 19.4. The van der Waals surface area contributed by atoms with Crippen molar-refractivity contribution in [3.63, 3.8) is 0 Å². The molecule has 1 fully saturated rings. The van der Waals surface area contributed by atoms with Crippen LogP contribution in [0, 0.1) is 5.41 Å². The van der Waals surface area contributed by atoms with Crippen LogP contribution in [0.2, 0.25) is 0 Å². The molecule has 1 nitrogen and oxygen atoms in total. The van der Waals surface area contributed by atoms with Gasteiger partial charge in [-0.3, -0.25) is 0 Å². The van der Waals surface area contributed by atoms with E-state index in [1.807, 2.05) is 0 Å². The van der Waals surface area contributed by atoms with Crippen LogP contribution in [-0.4, -0.2) is 25.6 Å². The van der Waals surface area contributed by atoms with Gasteiger partial charge in [0.25, 0.3) is 0 Å². The number of ether oxygens (including phenoxy) is 1. The molecule has 0 radical (unpaired) electrons. The first kappa shape index (κ1) is 9.63. The van der Waals surface area contributed by atoms with Gasteiger partial charge in [0.1, 0.15) is 0 Å². The lowest BCUT2D eigenvalue weighted by molar-refractivity contribution is -0.402. The van der Waals surface area contributed by atoms with Gasteiger partial charge in [-0.1, -0.05) is 0 Å². The number of alkyl halides is 6. The summed E-state index contributed by atoms with van der Waals surface area (Å²) in [5, 5.41) is 0. The quantitative estimate of drug-likeness (QED) is 0.536. The fourth-order valence-electron chi connectivity index (χ4n) is 0.794. The molecule has 0 atom stereocenters. The van der Waals surface area contributed by atoms with Crippen molar-refractivity contribution in [2.75, 3.05) is 13.2 Å². The number of halogens is 6. The summed E-state index contributed by atoms with van der Waals surface area (Å²) in [6.07, 6.45) is -10.5.